The summed E-state index contributed by atoms with van der Waals surface area (Å²) in [6.45, 7) is 9.99. The maximum Gasteiger partial charge on any atom is 0.494 e. The second-order valence-electron chi connectivity index (χ2n) is 15.1. The zero-order valence-corrected chi connectivity index (χ0v) is 25.2. The minimum atomic E-state index is -1.18. The molecule has 1 saturated heterocycles. The molecule has 1 aliphatic heterocycles. The van der Waals surface area contributed by atoms with Crippen molar-refractivity contribution in [2.24, 2.45) is 28.6 Å². The standard InChI is InChI=1S/C33H47BO7/c1-29(2,38)14-13-28-32(5,41-34(40-28)20-9-7-6-8-10-20)27-12-16-33(39)22-17-24(35)23-18-25(36)26(37)19-30(23,3)21(22)11-15-31(27,33)4/h6-10,17,21,23,25-28,36-39H,11-16,18-19H2,1-5H3/t21-,23-,25+,26-,27-,28+,30+,31+,32+,33+/m0/s1. The first-order valence-corrected chi connectivity index (χ1v) is 15.6. The fourth-order valence-electron chi connectivity index (χ4n) is 9.81. The van der Waals surface area contributed by atoms with Crippen molar-refractivity contribution in [3.05, 3.63) is 42.0 Å². The Hall–Kier alpha value is -1.55. The molecule has 7 nitrogen and oxygen atoms in total. The van der Waals surface area contributed by atoms with Crippen LogP contribution in [0, 0.1) is 28.6 Å². The van der Waals surface area contributed by atoms with Gasteiger partial charge < -0.3 is 29.7 Å². The number of aliphatic hydroxyl groups excluding tert-OH is 2. The number of ketones is 1. The lowest BCUT2D eigenvalue weighted by Gasteiger charge is -2.60. The molecule has 224 valence electrons. The summed E-state index contributed by atoms with van der Waals surface area (Å²) in [5.41, 5.74) is -2.02. The van der Waals surface area contributed by atoms with Gasteiger partial charge >= 0.3 is 7.12 Å². The normalized spacial score (nSPS) is 46.1. The van der Waals surface area contributed by atoms with Crippen molar-refractivity contribution in [2.45, 2.75) is 121 Å². The van der Waals surface area contributed by atoms with E-state index in [0.717, 1.165) is 30.3 Å². The van der Waals surface area contributed by atoms with E-state index in [1.165, 1.54) is 0 Å². The van der Waals surface area contributed by atoms with Crippen LogP contribution in [0.2, 0.25) is 0 Å². The number of fused-ring (bicyclic) bond motifs is 5. The number of hydrogen-bond acceptors (Lipinski definition) is 7. The van der Waals surface area contributed by atoms with Gasteiger partial charge in [0, 0.05) is 11.3 Å². The van der Waals surface area contributed by atoms with E-state index in [0.29, 0.717) is 25.7 Å². The van der Waals surface area contributed by atoms with Crippen LogP contribution in [0.15, 0.2) is 42.0 Å². The molecule has 0 amide bonds. The minimum absolute atomic E-state index is 0.0271. The van der Waals surface area contributed by atoms with Crippen molar-refractivity contribution >= 4 is 18.4 Å². The molecule has 0 radical (unpaired) electrons. The van der Waals surface area contributed by atoms with Gasteiger partial charge in [-0.05, 0) is 107 Å². The Morgan fingerprint density at radius 3 is 2.41 bits per heavy atom. The lowest BCUT2D eigenvalue weighted by Crippen LogP contribution is -2.62. The number of carbonyl (C=O) groups is 1. The average molecular weight is 567 g/mol. The van der Waals surface area contributed by atoms with Gasteiger partial charge in [0.25, 0.3) is 0 Å². The molecule has 5 aliphatic rings. The number of carbonyl (C=O) groups excluding carboxylic acids is 1. The molecule has 0 spiro atoms. The van der Waals surface area contributed by atoms with Crippen molar-refractivity contribution < 1.29 is 34.5 Å². The molecule has 3 saturated carbocycles. The predicted molar refractivity (Wildman–Crippen MR) is 156 cm³/mol. The van der Waals surface area contributed by atoms with Crippen molar-refractivity contribution in [2.75, 3.05) is 0 Å². The SMILES string of the molecule is CC(C)(O)CC[C@H]1OB(c2ccccc2)O[C@]1(C)[C@H]1CC[C@@]2(O)C3=CC(=O)[C@@H]4C[C@@H](O)[C@@H](O)C[C@]4(C)[C@H]3CC[C@]12C. The van der Waals surface area contributed by atoms with Crippen molar-refractivity contribution in [1.29, 1.82) is 0 Å². The smallest absolute Gasteiger partial charge is 0.402 e. The molecule has 41 heavy (non-hydrogen) atoms. The molecule has 0 aromatic heterocycles. The van der Waals surface area contributed by atoms with Gasteiger partial charge in [0.05, 0.1) is 35.1 Å². The summed E-state index contributed by atoms with van der Waals surface area (Å²) in [4.78, 5) is 13.6. The van der Waals surface area contributed by atoms with Gasteiger partial charge in [-0.3, -0.25) is 4.79 Å². The van der Waals surface area contributed by atoms with Crippen molar-refractivity contribution in [3.63, 3.8) is 0 Å². The molecule has 8 heteroatoms. The molecule has 0 bridgehead atoms. The van der Waals surface area contributed by atoms with Crippen LogP contribution in [-0.4, -0.2) is 68.4 Å². The first-order chi connectivity index (χ1) is 19.1. The fraction of sp³-hybridized carbons (Fsp3) is 0.727. The average Bonchev–Trinajstić information content (AvgIpc) is 3.39. The van der Waals surface area contributed by atoms with E-state index >= 15 is 0 Å². The number of rotatable bonds is 5. The van der Waals surface area contributed by atoms with Gasteiger partial charge in [0.2, 0.25) is 0 Å². The van der Waals surface area contributed by atoms with Crippen LogP contribution in [0.4, 0.5) is 0 Å². The first kappa shape index (κ1) is 29.5. The molecule has 0 unspecified atom stereocenters. The Kier molecular flexibility index (Phi) is 7.01. The van der Waals surface area contributed by atoms with Gasteiger partial charge in [-0.15, -0.1) is 0 Å². The van der Waals surface area contributed by atoms with Crippen LogP contribution >= 0.6 is 0 Å². The monoisotopic (exact) mass is 566 g/mol. The molecule has 6 rings (SSSR count). The summed E-state index contributed by atoms with van der Waals surface area (Å²) in [6.07, 6.45) is 4.30. The highest BCUT2D eigenvalue weighted by atomic mass is 16.7. The third-order valence-corrected chi connectivity index (χ3v) is 12.2. The summed E-state index contributed by atoms with van der Waals surface area (Å²) < 4.78 is 13.5. The molecule has 1 heterocycles. The zero-order valence-electron chi connectivity index (χ0n) is 25.2. The predicted octanol–water partition coefficient (Wildman–Crippen LogP) is 3.31. The van der Waals surface area contributed by atoms with Crippen LogP contribution in [0.25, 0.3) is 0 Å². The highest BCUT2D eigenvalue weighted by Crippen LogP contribution is 2.69. The lowest BCUT2D eigenvalue weighted by atomic mass is 9.45. The van der Waals surface area contributed by atoms with E-state index in [1.807, 2.05) is 44.2 Å². The topological polar surface area (TPSA) is 116 Å². The van der Waals surface area contributed by atoms with Crippen LogP contribution in [0.5, 0.6) is 0 Å². The van der Waals surface area contributed by atoms with E-state index in [4.69, 9.17) is 9.31 Å². The summed E-state index contributed by atoms with van der Waals surface area (Å²) in [7, 11) is -0.535. The zero-order chi connectivity index (χ0) is 29.6. The Morgan fingerprint density at radius 2 is 1.73 bits per heavy atom. The largest absolute Gasteiger partial charge is 0.494 e. The molecular weight excluding hydrogens is 519 g/mol. The highest BCUT2D eigenvalue weighted by molar-refractivity contribution is 6.62. The van der Waals surface area contributed by atoms with E-state index < -0.39 is 47.0 Å². The second kappa shape index (κ2) is 9.73. The molecule has 10 atom stereocenters. The van der Waals surface area contributed by atoms with E-state index in [-0.39, 0.29) is 36.1 Å². The van der Waals surface area contributed by atoms with Gasteiger partial charge in [0.15, 0.2) is 5.78 Å². The molecule has 1 aromatic carbocycles. The van der Waals surface area contributed by atoms with Gasteiger partial charge in [-0.2, -0.15) is 0 Å². The highest BCUT2D eigenvalue weighted by Gasteiger charge is 2.71. The first-order valence-electron chi connectivity index (χ1n) is 15.6. The maximum absolute atomic E-state index is 13.6. The number of benzene rings is 1. The summed E-state index contributed by atoms with van der Waals surface area (Å²) >= 11 is 0. The van der Waals surface area contributed by atoms with E-state index in [1.54, 1.807) is 6.08 Å². The van der Waals surface area contributed by atoms with Crippen LogP contribution in [0.1, 0.15) is 86.0 Å². The Morgan fingerprint density at radius 1 is 1.02 bits per heavy atom. The molecule has 4 N–H and O–H groups in total. The Bertz CT molecular complexity index is 1210. The molecule has 4 aliphatic carbocycles. The molecule has 1 aromatic rings. The Balaban J connectivity index is 1.36. The van der Waals surface area contributed by atoms with Crippen LogP contribution in [0.3, 0.4) is 0 Å². The summed E-state index contributed by atoms with van der Waals surface area (Å²) in [5, 5.41) is 44.3. The van der Waals surface area contributed by atoms with Crippen molar-refractivity contribution in [3.8, 4) is 0 Å². The summed E-state index contributed by atoms with van der Waals surface area (Å²) in [6, 6.07) is 9.93. The van der Waals surface area contributed by atoms with E-state index in [9.17, 15) is 25.2 Å². The van der Waals surface area contributed by atoms with Crippen LogP contribution < -0.4 is 5.46 Å². The number of allylic oxidation sites excluding steroid dienone is 1. The van der Waals surface area contributed by atoms with Crippen molar-refractivity contribution in [1.82, 2.24) is 0 Å². The van der Waals surface area contributed by atoms with Gasteiger partial charge in [-0.25, -0.2) is 0 Å². The second-order valence-corrected chi connectivity index (χ2v) is 15.1. The van der Waals surface area contributed by atoms with Gasteiger partial charge in [-0.1, -0.05) is 44.2 Å². The fourth-order valence-corrected chi connectivity index (χ4v) is 9.81. The van der Waals surface area contributed by atoms with E-state index in [2.05, 4.69) is 20.8 Å². The van der Waals surface area contributed by atoms with Crippen LogP contribution in [-0.2, 0) is 14.1 Å². The lowest BCUT2D eigenvalue weighted by molar-refractivity contribution is -0.160. The number of hydrogen-bond donors (Lipinski definition) is 4. The quantitative estimate of drug-likeness (QED) is 0.404. The summed E-state index contributed by atoms with van der Waals surface area (Å²) in [5.74, 6) is -0.450. The minimum Gasteiger partial charge on any atom is -0.402 e. The Labute approximate surface area is 244 Å². The molecule has 4 fully saturated rings. The van der Waals surface area contributed by atoms with Gasteiger partial charge in [0.1, 0.15) is 0 Å². The third kappa shape index (κ3) is 4.43. The number of aliphatic hydroxyl groups is 4. The maximum atomic E-state index is 13.6. The molecular formula is C33H47BO7. The third-order valence-electron chi connectivity index (χ3n) is 12.2.